The summed E-state index contributed by atoms with van der Waals surface area (Å²) in [6, 6.07) is 58.1. The third-order valence-corrected chi connectivity index (χ3v) is 10.3. The monoisotopic (exact) mass is 583 g/mol. The molecule has 0 saturated heterocycles. The van der Waals surface area contributed by atoms with Gasteiger partial charge in [0.2, 0.25) is 0 Å². The number of nitrogens with zero attached hydrogens (tertiary/aromatic N) is 3. The van der Waals surface area contributed by atoms with E-state index in [-0.39, 0.29) is 6.85 Å². The van der Waals surface area contributed by atoms with Crippen molar-refractivity contribution in [1.82, 2.24) is 4.57 Å². The second-order valence-corrected chi connectivity index (χ2v) is 12.5. The van der Waals surface area contributed by atoms with Gasteiger partial charge in [-0.2, -0.15) is 0 Å². The van der Waals surface area contributed by atoms with Gasteiger partial charge in [-0.1, -0.05) is 97.1 Å². The maximum absolute atomic E-state index is 2.59. The Hall–Kier alpha value is -6.00. The minimum atomic E-state index is 0.107. The lowest BCUT2D eigenvalue weighted by Gasteiger charge is -2.49. The van der Waals surface area contributed by atoms with E-state index in [0.29, 0.717) is 0 Å². The third-order valence-electron chi connectivity index (χ3n) is 10.3. The summed E-state index contributed by atoms with van der Waals surface area (Å²) in [5.74, 6) is 0. The molecule has 0 amide bonds. The molecule has 0 bridgehead atoms. The van der Waals surface area contributed by atoms with Crippen molar-refractivity contribution in [1.29, 1.82) is 0 Å². The van der Waals surface area contributed by atoms with Gasteiger partial charge in [-0.3, -0.25) is 0 Å². The van der Waals surface area contributed by atoms with Crippen LogP contribution in [0.4, 0.5) is 28.4 Å². The van der Waals surface area contributed by atoms with E-state index in [2.05, 4.69) is 172 Å². The van der Waals surface area contributed by atoms with Gasteiger partial charge in [0.15, 0.2) is 0 Å². The summed E-state index contributed by atoms with van der Waals surface area (Å²) >= 11 is 0. The lowest BCUT2D eigenvalue weighted by Crippen LogP contribution is -2.63. The zero-order chi connectivity index (χ0) is 29.9. The van der Waals surface area contributed by atoms with Crippen LogP contribution in [0.1, 0.15) is 0 Å². The maximum atomic E-state index is 2.59. The lowest BCUT2D eigenvalue weighted by molar-refractivity contribution is 1.17. The first-order valence-electron chi connectivity index (χ1n) is 16.0. The van der Waals surface area contributed by atoms with Gasteiger partial charge >= 0.3 is 6.85 Å². The van der Waals surface area contributed by atoms with E-state index in [1.54, 1.807) is 0 Å². The predicted molar refractivity (Wildman–Crippen MR) is 193 cm³/mol. The average molecular weight is 584 g/mol. The second-order valence-electron chi connectivity index (χ2n) is 12.5. The van der Waals surface area contributed by atoms with Crippen LogP contribution < -0.4 is 20.6 Å². The van der Waals surface area contributed by atoms with E-state index in [1.807, 2.05) is 0 Å². The smallest absolute Gasteiger partial charge is 0.333 e. The Morgan fingerprint density at radius 3 is 1.35 bits per heavy atom. The molecule has 0 unspecified atom stereocenters. The van der Waals surface area contributed by atoms with E-state index in [4.69, 9.17) is 0 Å². The van der Waals surface area contributed by atoms with Crippen LogP contribution in [0.5, 0.6) is 0 Å². The number of hydrogen-bond acceptors (Lipinski definition) is 2. The van der Waals surface area contributed by atoms with Gasteiger partial charge in [0.25, 0.3) is 0 Å². The van der Waals surface area contributed by atoms with Crippen LogP contribution >= 0.6 is 0 Å². The molecule has 0 radical (unpaired) electrons. The van der Waals surface area contributed by atoms with Gasteiger partial charge in [-0.05, 0) is 82.7 Å². The van der Waals surface area contributed by atoms with Crippen LogP contribution in [0.15, 0.2) is 158 Å². The molecule has 11 rings (SSSR count). The number of hydrogen-bond donors (Lipinski definition) is 0. The fraction of sp³-hybridized carbons (Fsp3) is 0. The van der Waals surface area contributed by atoms with Crippen molar-refractivity contribution in [2.24, 2.45) is 0 Å². The standard InChI is InChI=1S/C42H26BN3/c1-5-17-35-29(11-1)30-12-2-6-18-36(30)44(35)27-23-25-28(26-24-27)45-39-21-9-15-33-31-13-3-7-19-37(31)46-38-20-8-4-14-32(38)34-16-10-22-40(45)42(34)43(46)41(33)39/h1-26H. The number of fused-ring (bicyclic) bond motifs is 9. The normalized spacial score (nSPS) is 13.5. The molecule has 212 valence electrons. The highest BCUT2D eigenvalue weighted by Crippen LogP contribution is 2.51. The molecular formula is C42H26BN3. The summed E-state index contributed by atoms with van der Waals surface area (Å²) in [4.78, 5) is 5.08. The molecule has 0 aliphatic carbocycles. The zero-order valence-electron chi connectivity index (χ0n) is 24.9. The fourth-order valence-corrected chi connectivity index (χ4v) is 8.53. The van der Waals surface area contributed by atoms with E-state index in [1.165, 1.54) is 77.7 Å². The van der Waals surface area contributed by atoms with Crippen molar-refractivity contribution in [2.75, 3.05) is 9.71 Å². The molecular weight excluding hydrogens is 557 g/mol. The molecule has 0 saturated carbocycles. The van der Waals surface area contributed by atoms with Crippen molar-refractivity contribution in [3.8, 4) is 27.9 Å². The molecule has 46 heavy (non-hydrogen) atoms. The SMILES string of the molecule is c1ccc2c(c1)-c1cccc3c1B1c4c(cccc4N3c3ccc(-n4c5ccccc5c5ccccc54)cc3)-c3ccccc3N12. The summed E-state index contributed by atoms with van der Waals surface area (Å²) < 4.78 is 2.39. The number of benzene rings is 7. The number of para-hydroxylation sites is 4. The van der Waals surface area contributed by atoms with Crippen LogP contribution in [-0.4, -0.2) is 11.4 Å². The third kappa shape index (κ3) is 2.99. The van der Waals surface area contributed by atoms with Gasteiger partial charge < -0.3 is 14.3 Å². The number of rotatable bonds is 2. The summed E-state index contributed by atoms with van der Waals surface area (Å²) in [5.41, 5.74) is 17.8. The predicted octanol–water partition coefficient (Wildman–Crippen LogP) is 9.47. The molecule has 0 fully saturated rings. The molecule has 1 aromatic heterocycles. The molecule has 8 aromatic rings. The first-order chi connectivity index (χ1) is 22.9. The van der Waals surface area contributed by atoms with Crippen molar-refractivity contribution < 1.29 is 0 Å². The van der Waals surface area contributed by atoms with Crippen molar-refractivity contribution >= 4 is 68.0 Å². The topological polar surface area (TPSA) is 11.4 Å². The van der Waals surface area contributed by atoms with E-state index < -0.39 is 0 Å². The highest BCUT2D eigenvalue weighted by atomic mass is 15.2. The van der Waals surface area contributed by atoms with E-state index in [9.17, 15) is 0 Å². The van der Waals surface area contributed by atoms with E-state index >= 15 is 0 Å². The minimum Gasteiger partial charge on any atom is -0.376 e. The molecule has 3 aliphatic heterocycles. The maximum Gasteiger partial charge on any atom is 0.333 e. The van der Waals surface area contributed by atoms with Crippen LogP contribution in [0.25, 0.3) is 49.7 Å². The Bertz CT molecular complexity index is 2410. The van der Waals surface area contributed by atoms with Crippen LogP contribution in [0.2, 0.25) is 0 Å². The molecule has 0 atom stereocenters. The Labute approximate surface area is 267 Å². The zero-order valence-corrected chi connectivity index (χ0v) is 24.9. The Kier molecular flexibility index (Phi) is 4.66. The Morgan fingerprint density at radius 1 is 0.348 bits per heavy atom. The van der Waals surface area contributed by atoms with Crippen LogP contribution in [0, 0.1) is 0 Å². The summed E-state index contributed by atoms with van der Waals surface area (Å²) in [6.45, 7) is 0.107. The van der Waals surface area contributed by atoms with Gasteiger partial charge in [0.1, 0.15) is 0 Å². The van der Waals surface area contributed by atoms with Crippen molar-refractivity contribution in [3.05, 3.63) is 158 Å². The van der Waals surface area contributed by atoms with Crippen LogP contribution in [-0.2, 0) is 0 Å². The molecule has 4 heteroatoms. The van der Waals surface area contributed by atoms with Gasteiger partial charge in [0.05, 0.1) is 11.0 Å². The van der Waals surface area contributed by atoms with Gasteiger partial charge in [-0.15, -0.1) is 0 Å². The van der Waals surface area contributed by atoms with Crippen molar-refractivity contribution in [2.45, 2.75) is 0 Å². The highest BCUT2D eigenvalue weighted by molar-refractivity contribution is 6.95. The summed E-state index contributed by atoms with van der Waals surface area (Å²) in [6.07, 6.45) is 0. The quantitative estimate of drug-likeness (QED) is 0.188. The van der Waals surface area contributed by atoms with Crippen molar-refractivity contribution in [3.63, 3.8) is 0 Å². The van der Waals surface area contributed by atoms with E-state index in [0.717, 1.165) is 11.4 Å². The Balaban J connectivity index is 1.17. The first-order valence-corrected chi connectivity index (χ1v) is 16.0. The molecule has 0 N–H and O–H groups in total. The second kappa shape index (κ2) is 8.80. The highest BCUT2D eigenvalue weighted by Gasteiger charge is 2.48. The first kappa shape index (κ1) is 24.3. The largest absolute Gasteiger partial charge is 0.376 e. The van der Waals surface area contributed by atoms with Gasteiger partial charge in [-0.25, -0.2) is 0 Å². The summed E-state index contributed by atoms with van der Waals surface area (Å²) in [5, 5.41) is 2.56. The molecule has 3 aliphatic rings. The lowest BCUT2D eigenvalue weighted by atomic mass is 9.41. The minimum absolute atomic E-state index is 0.107. The van der Waals surface area contributed by atoms with Crippen LogP contribution in [0.3, 0.4) is 0 Å². The molecule has 3 nitrogen and oxygen atoms in total. The summed E-state index contributed by atoms with van der Waals surface area (Å²) in [7, 11) is 0. The average Bonchev–Trinajstić information content (AvgIpc) is 3.46. The fourth-order valence-electron chi connectivity index (χ4n) is 8.53. The molecule has 4 heterocycles. The number of aromatic nitrogens is 1. The number of anilines is 5. The molecule has 0 spiro atoms. The molecule has 7 aromatic carbocycles. The Morgan fingerprint density at radius 2 is 0.783 bits per heavy atom. The van der Waals surface area contributed by atoms with Gasteiger partial charge in [0, 0.05) is 56.0 Å².